The number of aliphatic hydroxyl groups is 1. The largest absolute Gasteiger partial charge is 0.388 e. The van der Waals surface area contributed by atoms with Gasteiger partial charge in [-0.2, -0.15) is 0 Å². The van der Waals surface area contributed by atoms with Gasteiger partial charge in [-0.25, -0.2) is 0 Å². The first-order valence-electron chi connectivity index (χ1n) is 6.00. The maximum atomic E-state index is 10.0. The Kier molecular flexibility index (Phi) is 4.81. The molecule has 0 aromatic heterocycles. The van der Waals surface area contributed by atoms with E-state index in [0.717, 1.165) is 18.4 Å². The van der Waals surface area contributed by atoms with Crippen molar-refractivity contribution >= 4 is 5.69 Å². The van der Waals surface area contributed by atoms with Crippen LogP contribution < -0.4 is 4.90 Å². The summed E-state index contributed by atoms with van der Waals surface area (Å²) in [5, 5.41) is 10.0. The van der Waals surface area contributed by atoms with Gasteiger partial charge in [0, 0.05) is 19.8 Å². The smallest absolute Gasteiger partial charge is 0.0792 e. The Morgan fingerprint density at radius 1 is 1.19 bits per heavy atom. The first-order valence-corrected chi connectivity index (χ1v) is 6.00. The predicted octanol–water partition coefficient (Wildman–Crippen LogP) is 3.22. The van der Waals surface area contributed by atoms with Gasteiger partial charge in [0.1, 0.15) is 0 Å². The molecule has 1 rings (SSSR count). The summed E-state index contributed by atoms with van der Waals surface area (Å²) in [6.07, 6.45) is 1.64. The summed E-state index contributed by atoms with van der Waals surface area (Å²) in [5.74, 6) is 0.573. The Morgan fingerprint density at radius 2 is 1.75 bits per heavy atom. The maximum Gasteiger partial charge on any atom is 0.0792 e. The molecule has 90 valence electrons. The highest BCUT2D eigenvalue weighted by atomic mass is 16.3. The minimum Gasteiger partial charge on any atom is -0.388 e. The van der Waals surface area contributed by atoms with Crippen molar-refractivity contribution in [2.24, 2.45) is 5.92 Å². The SMILES string of the molecule is CCC(C)CC(O)c1ccc(N(C)C)cc1. The Hall–Kier alpha value is -1.02. The van der Waals surface area contributed by atoms with Crippen LogP contribution >= 0.6 is 0 Å². The van der Waals surface area contributed by atoms with Gasteiger partial charge >= 0.3 is 0 Å². The van der Waals surface area contributed by atoms with Gasteiger partial charge in [-0.3, -0.25) is 0 Å². The van der Waals surface area contributed by atoms with Gasteiger partial charge in [-0.05, 0) is 30.0 Å². The van der Waals surface area contributed by atoms with Crippen molar-refractivity contribution in [2.45, 2.75) is 32.8 Å². The van der Waals surface area contributed by atoms with Crippen LogP contribution in [0.25, 0.3) is 0 Å². The molecular formula is C14H23NO. The van der Waals surface area contributed by atoms with Gasteiger partial charge in [0.25, 0.3) is 0 Å². The van der Waals surface area contributed by atoms with Crippen LogP contribution in [0.1, 0.15) is 38.4 Å². The Morgan fingerprint density at radius 3 is 2.19 bits per heavy atom. The molecule has 0 saturated heterocycles. The molecule has 0 spiro atoms. The Bertz CT molecular complexity index is 305. The van der Waals surface area contributed by atoms with Gasteiger partial charge in [0.05, 0.1) is 6.10 Å². The molecule has 0 heterocycles. The number of nitrogens with zero attached hydrogens (tertiary/aromatic N) is 1. The molecule has 0 amide bonds. The summed E-state index contributed by atoms with van der Waals surface area (Å²) in [6.45, 7) is 4.34. The lowest BCUT2D eigenvalue weighted by Crippen LogP contribution is -2.09. The Balaban J connectivity index is 2.66. The predicted molar refractivity (Wildman–Crippen MR) is 69.8 cm³/mol. The lowest BCUT2D eigenvalue weighted by Gasteiger charge is -2.17. The standard InChI is InChI=1S/C14H23NO/c1-5-11(2)10-14(16)12-6-8-13(9-7-12)15(3)4/h6-9,11,14,16H,5,10H2,1-4H3. The number of aliphatic hydroxyl groups excluding tert-OH is 1. The fourth-order valence-corrected chi connectivity index (χ4v) is 1.68. The van der Waals surface area contributed by atoms with Crippen molar-refractivity contribution in [1.82, 2.24) is 0 Å². The molecule has 2 heteroatoms. The summed E-state index contributed by atoms with van der Waals surface area (Å²) >= 11 is 0. The molecule has 0 aliphatic heterocycles. The quantitative estimate of drug-likeness (QED) is 0.825. The van der Waals surface area contributed by atoms with Crippen LogP contribution in [0.2, 0.25) is 0 Å². The van der Waals surface area contributed by atoms with Crippen molar-refractivity contribution in [3.8, 4) is 0 Å². The molecule has 1 N–H and O–H groups in total. The van der Waals surface area contributed by atoms with E-state index in [-0.39, 0.29) is 6.10 Å². The second kappa shape index (κ2) is 5.90. The summed E-state index contributed by atoms with van der Waals surface area (Å²) in [4.78, 5) is 2.06. The molecule has 1 aromatic carbocycles. The molecule has 0 aliphatic carbocycles. The van der Waals surface area contributed by atoms with Crippen molar-refractivity contribution in [2.75, 3.05) is 19.0 Å². The number of benzene rings is 1. The van der Waals surface area contributed by atoms with Crippen LogP contribution in [-0.4, -0.2) is 19.2 Å². The zero-order valence-corrected chi connectivity index (χ0v) is 10.8. The molecule has 2 nitrogen and oxygen atoms in total. The molecule has 1 aromatic rings. The molecule has 16 heavy (non-hydrogen) atoms. The van der Waals surface area contributed by atoms with Gasteiger partial charge in [-0.1, -0.05) is 32.4 Å². The number of anilines is 1. The van der Waals surface area contributed by atoms with Gasteiger partial charge < -0.3 is 10.0 Å². The molecular weight excluding hydrogens is 198 g/mol. The van der Waals surface area contributed by atoms with E-state index in [1.165, 1.54) is 5.69 Å². The monoisotopic (exact) mass is 221 g/mol. The van der Waals surface area contributed by atoms with E-state index in [0.29, 0.717) is 5.92 Å². The molecule has 0 aliphatic rings. The van der Waals surface area contributed by atoms with Crippen LogP contribution in [0.4, 0.5) is 5.69 Å². The first-order chi connectivity index (χ1) is 7.54. The number of hydrogen-bond acceptors (Lipinski definition) is 2. The zero-order chi connectivity index (χ0) is 12.1. The fourth-order valence-electron chi connectivity index (χ4n) is 1.68. The normalized spacial score (nSPS) is 14.6. The molecule has 0 saturated carbocycles. The van der Waals surface area contributed by atoms with Crippen molar-refractivity contribution in [3.05, 3.63) is 29.8 Å². The number of rotatable bonds is 5. The Labute approximate surface area is 98.9 Å². The fraction of sp³-hybridized carbons (Fsp3) is 0.571. The van der Waals surface area contributed by atoms with E-state index < -0.39 is 0 Å². The molecule has 2 unspecified atom stereocenters. The van der Waals surface area contributed by atoms with Crippen LogP contribution in [0.15, 0.2) is 24.3 Å². The average molecular weight is 221 g/mol. The summed E-state index contributed by atoms with van der Waals surface area (Å²) in [6, 6.07) is 8.13. The molecule has 0 fully saturated rings. The summed E-state index contributed by atoms with van der Waals surface area (Å²) < 4.78 is 0. The topological polar surface area (TPSA) is 23.5 Å². The highest BCUT2D eigenvalue weighted by Gasteiger charge is 2.11. The van der Waals surface area contributed by atoms with E-state index in [1.54, 1.807) is 0 Å². The van der Waals surface area contributed by atoms with E-state index in [1.807, 2.05) is 26.2 Å². The first kappa shape index (κ1) is 13.0. The molecule has 0 bridgehead atoms. The summed E-state index contributed by atoms with van der Waals surface area (Å²) in [7, 11) is 4.04. The lowest BCUT2D eigenvalue weighted by atomic mass is 9.96. The maximum absolute atomic E-state index is 10.0. The molecule has 0 radical (unpaired) electrons. The number of hydrogen-bond donors (Lipinski definition) is 1. The minimum absolute atomic E-state index is 0.328. The third kappa shape index (κ3) is 3.53. The van der Waals surface area contributed by atoms with E-state index in [9.17, 15) is 5.11 Å². The average Bonchev–Trinajstić information content (AvgIpc) is 2.28. The summed E-state index contributed by atoms with van der Waals surface area (Å²) in [5.41, 5.74) is 2.19. The van der Waals surface area contributed by atoms with Crippen LogP contribution in [0.5, 0.6) is 0 Å². The van der Waals surface area contributed by atoms with E-state index in [2.05, 4.69) is 30.9 Å². The van der Waals surface area contributed by atoms with E-state index >= 15 is 0 Å². The van der Waals surface area contributed by atoms with Crippen LogP contribution in [-0.2, 0) is 0 Å². The van der Waals surface area contributed by atoms with E-state index in [4.69, 9.17) is 0 Å². The van der Waals surface area contributed by atoms with Gasteiger partial charge in [-0.15, -0.1) is 0 Å². The second-order valence-corrected chi connectivity index (χ2v) is 4.75. The zero-order valence-electron chi connectivity index (χ0n) is 10.8. The van der Waals surface area contributed by atoms with Gasteiger partial charge in [0.2, 0.25) is 0 Å². The van der Waals surface area contributed by atoms with Crippen LogP contribution in [0, 0.1) is 5.92 Å². The van der Waals surface area contributed by atoms with Crippen molar-refractivity contribution in [1.29, 1.82) is 0 Å². The minimum atomic E-state index is -0.328. The second-order valence-electron chi connectivity index (χ2n) is 4.75. The van der Waals surface area contributed by atoms with Gasteiger partial charge in [0.15, 0.2) is 0 Å². The van der Waals surface area contributed by atoms with Crippen LogP contribution in [0.3, 0.4) is 0 Å². The van der Waals surface area contributed by atoms with Crippen molar-refractivity contribution in [3.63, 3.8) is 0 Å². The third-order valence-corrected chi connectivity index (χ3v) is 3.12. The highest BCUT2D eigenvalue weighted by molar-refractivity contribution is 5.46. The third-order valence-electron chi connectivity index (χ3n) is 3.12. The molecule has 2 atom stereocenters. The lowest BCUT2D eigenvalue weighted by molar-refractivity contribution is 0.146. The highest BCUT2D eigenvalue weighted by Crippen LogP contribution is 2.24. The van der Waals surface area contributed by atoms with Crippen molar-refractivity contribution < 1.29 is 5.11 Å².